The van der Waals surface area contributed by atoms with Gasteiger partial charge >= 0.3 is 39.5 Å². The SMILES string of the molecule is CCCCCCCCCCCCCCCCCCCCCC(=O)OC[C@H](COP(=O)(O)OC[C@@H](O)COP(=O)(O)OC[C@@H](COC(=O)CCCCCCCCCCCCC(C)C)OC(=O)CCCCCCCCCCCCC(C)C)OC(=O)CCCCCCCCCCCCCCCCCCCCC. The van der Waals surface area contributed by atoms with E-state index in [1.807, 2.05) is 0 Å². The second-order valence-electron chi connectivity index (χ2n) is 31.5. The molecule has 5 atom stereocenters. The van der Waals surface area contributed by atoms with Gasteiger partial charge in [-0.1, -0.05) is 401 Å². The summed E-state index contributed by atoms with van der Waals surface area (Å²) >= 11 is 0. The summed E-state index contributed by atoms with van der Waals surface area (Å²) in [7, 11) is -9.93. The van der Waals surface area contributed by atoms with Crippen LogP contribution in [0.25, 0.3) is 0 Å². The maximum Gasteiger partial charge on any atom is 0.472 e. The maximum atomic E-state index is 13.1. The molecule has 0 spiro atoms. The molecule has 19 heteroatoms. The molecule has 0 radical (unpaired) electrons. The van der Waals surface area contributed by atoms with Crippen molar-refractivity contribution < 1.29 is 80.2 Å². The van der Waals surface area contributed by atoms with Gasteiger partial charge in [0.15, 0.2) is 12.2 Å². The first-order chi connectivity index (χ1) is 50.4. The van der Waals surface area contributed by atoms with E-state index in [1.54, 1.807) is 0 Å². The summed E-state index contributed by atoms with van der Waals surface area (Å²) in [5.41, 5.74) is 0. The van der Waals surface area contributed by atoms with Crippen molar-refractivity contribution in [2.24, 2.45) is 11.8 Å². The highest BCUT2D eigenvalue weighted by Crippen LogP contribution is 2.45. The van der Waals surface area contributed by atoms with E-state index in [9.17, 15) is 43.2 Å². The van der Waals surface area contributed by atoms with E-state index in [0.29, 0.717) is 25.7 Å². The van der Waals surface area contributed by atoms with E-state index in [-0.39, 0.29) is 25.7 Å². The zero-order valence-electron chi connectivity index (χ0n) is 68.3. The fourth-order valence-corrected chi connectivity index (χ4v) is 14.8. The lowest BCUT2D eigenvalue weighted by Crippen LogP contribution is -2.30. The molecule has 2 unspecified atom stereocenters. The molecule has 0 aliphatic rings. The molecule has 0 fully saturated rings. The molecule has 3 N–H and O–H groups in total. The molecule has 618 valence electrons. The van der Waals surface area contributed by atoms with Gasteiger partial charge in [0.05, 0.1) is 26.4 Å². The number of esters is 4. The first kappa shape index (κ1) is 102. The summed E-state index contributed by atoms with van der Waals surface area (Å²) in [6.45, 7) is 9.65. The molecule has 0 aromatic rings. The van der Waals surface area contributed by atoms with Crippen LogP contribution in [0.2, 0.25) is 0 Å². The highest BCUT2D eigenvalue weighted by atomic mass is 31.2. The molecule has 0 heterocycles. The number of rotatable bonds is 84. The topological polar surface area (TPSA) is 237 Å². The normalized spacial score (nSPS) is 13.8. The number of hydrogen-bond donors (Lipinski definition) is 3. The van der Waals surface area contributed by atoms with Gasteiger partial charge in [-0.15, -0.1) is 0 Å². The third kappa shape index (κ3) is 78.2. The first-order valence-electron chi connectivity index (χ1n) is 44.0. The predicted octanol–water partition coefficient (Wildman–Crippen LogP) is 25.8. The molecule has 0 bridgehead atoms. The van der Waals surface area contributed by atoms with E-state index in [4.69, 9.17) is 37.0 Å². The van der Waals surface area contributed by atoms with Gasteiger partial charge in [-0.2, -0.15) is 0 Å². The number of hydrogen-bond acceptors (Lipinski definition) is 15. The van der Waals surface area contributed by atoms with Crippen LogP contribution in [0.4, 0.5) is 0 Å². The average molecular weight is 1520 g/mol. The third-order valence-corrected chi connectivity index (χ3v) is 21.9. The quantitative estimate of drug-likeness (QED) is 0.0222. The smallest absolute Gasteiger partial charge is 0.462 e. The Balaban J connectivity index is 5.25. The minimum absolute atomic E-state index is 0.106. The lowest BCUT2D eigenvalue weighted by molar-refractivity contribution is -0.161. The van der Waals surface area contributed by atoms with Crippen LogP contribution in [-0.2, 0) is 65.4 Å². The number of carbonyl (C=O) groups excluding carboxylic acids is 4. The Morgan fingerprint density at radius 3 is 0.654 bits per heavy atom. The minimum atomic E-state index is -4.97. The first-order valence-corrected chi connectivity index (χ1v) is 47.0. The fourth-order valence-electron chi connectivity index (χ4n) is 13.2. The number of aliphatic hydroxyl groups excluding tert-OH is 1. The number of unbranched alkanes of at least 4 members (excludes halogenated alkanes) is 54. The molecule has 0 aromatic carbocycles. The number of phosphoric ester groups is 2. The van der Waals surface area contributed by atoms with Crippen molar-refractivity contribution in [3.63, 3.8) is 0 Å². The lowest BCUT2D eigenvalue weighted by atomic mass is 10.0. The van der Waals surface area contributed by atoms with E-state index < -0.39 is 97.5 Å². The number of aliphatic hydroxyl groups is 1. The van der Waals surface area contributed by atoms with Gasteiger partial charge in [0.2, 0.25) is 0 Å². The van der Waals surface area contributed by atoms with Crippen molar-refractivity contribution in [2.75, 3.05) is 39.6 Å². The fraction of sp³-hybridized carbons (Fsp3) is 0.953. The van der Waals surface area contributed by atoms with E-state index in [2.05, 4.69) is 41.5 Å². The van der Waals surface area contributed by atoms with Crippen LogP contribution in [0.5, 0.6) is 0 Å². The lowest BCUT2D eigenvalue weighted by Gasteiger charge is -2.21. The Kier molecular flexibility index (Phi) is 75.0. The third-order valence-electron chi connectivity index (χ3n) is 20.0. The Bertz CT molecular complexity index is 1990. The second kappa shape index (κ2) is 76.4. The standard InChI is InChI=1S/C85H166O17P2/c1-7-9-11-13-15-17-19-21-23-25-27-29-31-33-35-43-49-55-61-67-82(87)95-73-80(101-84(89)69-63-57-51-45-36-34-32-30-28-26-24-22-20-18-16-14-12-10-8-2)75-99-103(91,92)97-71-79(86)72-98-104(93,94)100-76-81(102-85(90)70-64-58-52-46-40-38-42-48-54-60-66-78(5)6)74-96-83(88)68-62-56-50-44-39-37-41-47-53-59-65-77(3)4/h77-81,86H,7-76H2,1-6H3,(H,91,92)(H,93,94)/t79-,80-,81-/m1/s1. The van der Waals surface area contributed by atoms with Crippen LogP contribution in [0, 0.1) is 11.8 Å². The van der Waals surface area contributed by atoms with Crippen molar-refractivity contribution in [1.82, 2.24) is 0 Å². The van der Waals surface area contributed by atoms with E-state index in [1.165, 1.54) is 270 Å². The molecule has 0 saturated carbocycles. The molecule has 0 saturated heterocycles. The van der Waals surface area contributed by atoms with Crippen LogP contribution in [0.3, 0.4) is 0 Å². The molecule has 17 nitrogen and oxygen atoms in total. The Labute approximate surface area is 638 Å². The molecule has 0 aromatic heterocycles. The van der Waals surface area contributed by atoms with Gasteiger partial charge in [0, 0.05) is 25.7 Å². The Morgan fingerprint density at radius 1 is 0.260 bits per heavy atom. The van der Waals surface area contributed by atoms with Crippen molar-refractivity contribution in [3.8, 4) is 0 Å². The molecule has 0 rings (SSSR count). The zero-order chi connectivity index (χ0) is 76.4. The minimum Gasteiger partial charge on any atom is -0.462 e. The van der Waals surface area contributed by atoms with Crippen molar-refractivity contribution in [3.05, 3.63) is 0 Å². The molecule has 0 aliphatic carbocycles. The zero-order valence-corrected chi connectivity index (χ0v) is 70.1. The van der Waals surface area contributed by atoms with Gasteiger partial charge in [-0.3, -0.25) is 37.3 Å². The van der Waals surface area contributed by atoms with Crippen LogP contribution in [0.15, 0.2) is 0 Å². The van der Waals surface area contributed by atoms with Gasteiger partial charge in [-0.25, -0.2) is 9.13 Å². The highest BCUT2D eigenvalue weighted by molar-refractivity contribution is 7.47. The van der Waals surface area contributed by atoms with Crippen LogP contribution >= 0.6 is 15.6 Å². The number of carbonyl (C=O) groups is 4. The van der Waals surface area contributed by atoms with Gasteiger partial charge < -0.3 is 33.8 Å². The summed E-state index contributed by atoms with van der Waals surface area (Å²) in [5.74, 6) is -0.593. The molecular weight excluding hydrogens is 1350 g/mol. The van der Waals surface area contributed by atoms with Crippen LogP contribution in [-0.4, -0.2) is 96.7 Å². The molecule has 0 aliphatic heterocycles. The summed E-state index contributed by atoms with van der Waals surface area (Å²) in [6, 6.07) is 0. The van der Waals surface area contributed by atoms with Crippen LogP contribution in [0.1, 0.15) is 452 Å². The summed E-state index contributed by atoms with van der Waals surface area (Å²) in [4.78, 5) is 73.2. The van der Waals surface area contributed by atoms with Crippen molar-refractivity contribution in [1.29, 1.82) is 0 Å². The summed E-state index contributed by atoms with van der Waals surface area (Å²) < 4.78 is 68.9. The van der Waals surface area contributed by atoms with E-state index in [0.717, 1.165) is 102 Å². The number of ether oxygens (including phenoxy) is 4. The van der Waals surface area contributed by atoms with Crippen molar-refractivity contribution in [2.45, 2.75) is 471 Å². The van der Waals surface area contributed by atoms with Crippen LogP contribution < -0.4 is 0 Å². The molecule has 104 heavy (non-hydrogen) atoms. The van der Waals surface area contributed by atoms with Gasteiger partial charge in [0.25, 0.3) is 0 Å². The van der Waals surface area contributed by atoms with Gasteiger partial charge in [-0.05, 0) is 37.5 Å². The van der Waals surface area contributed by atoms with Gasteiger partial charge in [0.1, 0.15) is 19.3 Å². The Hall–Kier alpha value is -1.94. The van der Waals surface area contributed by atoms with E-state index >= 15 is 0 Å². The monoisotopic (exact) mass is 1520 g/mol. The molecule has 0 amide bonds. The largest absolute Gasteiger partial charge is 0.472 e. The van der Waals surface area contributed by atoms with Crippen molar-refractivity contribution >= 4 is 39.5 Å². The maximum absolute atomic E-state index is 13.1. The summed E-state index contributed by atoms with van der Waals surface area (Å²) in [6.07, 6.45) is 68.1. The summed E-state index contributed by atoms with van der Waals surface area (Å²) in [5, 5.41) is 10.7. The average Bonchev–Trinajstić information content (AvgIpc) is 0.907. The Morgan fingerprint density at radius 2 is 0.442 bits per heavy atom. The highest BCUT2D eigenvalue weighted by Gasteiger charge is 2.30. The number of phosphoric acid groups is 2. The second-order valence-corrected chi connectivity index (χ2v) is 34.4. The predicted molar refractivity (Wildman–Crippen MR) is 428 cm³/mol. The molecular formula is C85H166O17P2.